The molecule has 3 N–H and O–H groups in total. The lowest BCUT2D eigenvalue weighted by molar-refractivity contribution is 0.0643. The summed E-state index contributed by atoms with van der Waals surface area (Å²) >= 11 is 0. The summed E-state index contributed by atoms with van der Waals surface area (Å²) in [6.45, 7) is 11.6. The van der Waals surface area contributed by atoms with E-state index < -0.39 is 0 Å². The van der Waals surface area contributed by atoms with Gasteiger partial charge >= 0.3 is 0 Å². The molecule has 0 aromatic carbocycles. The molecule has 3 heteroatoms. The SMILES string of the molecule is CCC(C)(C(NN)C(C)C)N1CCCC1. The average Bonchev–Trinajstić information content (AvgIpc) is 2.71. The summed E-state index contributed by atoms with van der Waals surface area (Å²) in [5.74, 6) is 6.30. The topological polar surface area (TPSA) is 41.3 Å². The van der Waals surface area contributed by atoms with E-state index in [9.17, 15) is 0 Å². The van der Waals surface area contributed by atoms with Crippen LogP contribution in [-0.2, 0) is 0 Å². The van der Waals surface area contributed by atoms with Crippen LogP contribution in [0.15, 0.2) is 0 Å². The summed E-state index contributed by atoms with van der Waals surface area (Å²) in [5.41, 5.74) is 3.24. The molecule has 1 fully saturated rings. The summed E-state index contributed by atoms with van der Waals surface area (Å²) in [7, 11) is 0. The second-order valence-corrected chi connectivity index (χ2v) is 5.29. The second kappa shape index (κ2) is 5.28. The number of hydrazine groups is 1. The van der Waals surface area contributed by atoms with Crippen molar-refractivity contribution in [3.05, 3.63) is 0 Å². The van der Waals surface area contributed by atoms with E-state index in [1.54, 1.807) is 0 Å². The molecule has 15 heavy (non-hydrogen) atoms. The van der Waals surface area contributed by atoms with Gasteiger partial charge in [-0.3, -0.25) is 16.2 Å². The minimum atomic E-state index is 0.208. The number of hydrogen-bond acceptors (Lipinski definition) is 3. The zero-order valence-electron chi connectivity index (χ0n) is 10.7. The van der Waals surface area contributed by atoms with Crippen molar-refractivity contribution < 1.29 is 0 Å². The van der Waals surface area contributed by atoms with Crippen LogP contribution in [0, 0.1) is 5.92 Å². The van der Waals surface area contributed by atoms with Crippen molar-refractivity contribution in [2.75, 3.05) is 13.1 Å². The first-order valence-corrected chi connectivity index (χ1v) is 6.27. The van der Waals surface area contributed by atoms with Gasteiger partial charge in [-0.05, 0) is 45.2 Å². The molecule has 3 nitrogen and oxygen atoms in total. The first kappa shape index (κ1) is 12.9. The van der Waals surface area contributed by atoms with Crippen molar-refractivity contribution in [3.8, 4) is 0 Å². The molecule has 2 unspecified atom stereocenters. The molecule has 1 aliphatic rings. The van der Waals surface area contributed by atoms with Crippen molar-refractivity contribution in [3.63, 3.8) is 0 Å². The molecule has 0 radical (unpaired) electrons. The number of nitrogens with one attached hydrogen (secondary N) is 1. The Morgan fingerprint density at radius 3 is 2.20 bits per heavy atom. The van der Waals surface area contributed by atoms with Crippen LogP contribution in [0.2, 0.25) is 0 Å². The summed E-state index contributed by atoms with van der Waals surface area (Å²) in [6, 6.07) is 0.376. The zero-order valence-corrected chi connectivity index (χ0v) is 10.7. The Labute approximate surface area is 94.4 Å². The Bertz CT molecular complexity index is 187. The molecular weight excluding hydrogens is 186 g/mol. The molecule has 0 spiro atoms. The first-order valence-electron chi connectivity index (χ1n) is 6.27. The number of hydrogen-bond donors (Lipinski definition) is 2. The molecule has 1 rings (SSSR count). The van der Waals surface area contributed by atoms with Gasteiger partial charge < -0.3 is 0 Å². The lowest BCUT2D eigenvalue weighted by Gasteiger charge is -2.46. The van der Waals surface area contributed by atoms with Crippen molar-refractivity contribution in [1.29, 1.82) is 0 Å². The van der Waals surface area contributed by atoms with Gasteiger partial charge in [0.1, 0.15) is 0 Å². The van der Waals surface area contributed by atoms with Crippen molar-refractivity contribution in [2.45, 2.75) is 58.5 Å². The summed E-state index contributed by atoms with van der Waals surface area (Å²) in [4.78, 5) is 2.61. The van der Waals surface area contributed by atoms with E-state index in [4.69, 9.17) is 5.84 Å². The molecule has 0 amide bonds. The highest BCUT2D eigenvalue weighted by Crippen LogP contribution is 2.30. The normalized spacial score (nSPS) is 24.4. The van der Waals surface area contributed by atoms with Crippen LogP contribution >= 0.6 is 0 Å². The van der Waals surface area contributed by atoms with Crippen LogP contribution in [0.3, 0.4) is 0 Å². The van der Waals surface area contributed by atoms with Crippen molar-refractivity contribution in [2.24, 2.45) is 11.8 Å². The first-order chi connectivity index (χ1) is 7.06. The lowest BCUT2D eigenvalue weighted by Crippen LogP contribution is -2.62. The summed E-state index contributed by atoms with van der Waals surface area (Å²) < 4.78 is 0. The number of nitrogens with zero attached hydrogens (tertiary/aromatic N) is 1. The number of nitrogens with two attached hydrogens (primary N) is 1. The van der Waals surface area contributed by atoms with Crippen LogP contribution in [0.4, 0.5) is 0 Å². The predicted molar refractivity (Wildman–Crippen MR) is 65.5 cm³/mol. The summed E-state index contributed by atoms with van der Waals surface area (Å²) in [6.07, 6.45) is 3.83. The Morgan fingerprint density at radius 1 is 1.33 bits per heavy atom. The fourth-order valence-electron chi connectivity index (χ4n) is 2.96. The summed E-state index contributed by atoms with van der Waals surface area (Å²) in [5, 5.41) is 0. The van der Waals surface area contributed by atoms with Gasteiger partial charge in [-0.15, -0.1) is 0 Å². The number of likely N-dealkylation sites (tertiary alicyclic amines) is 1. The fraction of sp³-hybridized carbons (Fsp3) is 1.00. The molecule has 1 saturated heterocycles. The van der Waals surface area contributed by atoms with Gasteiger partial charge in [-0.2, -0.15) is 0 Å². The average molecular weight is 213 g/mol. The third-order valence-corrected chi connectivity index (χ3v) is 4.06. The van der Waals surface area contributed by atoms with Gasteiger partial charge in [0.05, 0.1) is 0 Å². The van der Waals surface area contributed by atoms with Gasteiger partial charge in [-0.25, -0.2) is 0 Å². The van der Waals surface area contributed by atoms with E-state index in [0.717, 1.165) is 6.42 Å². The Balaban J connectivity index is 2.80. The second-order valence-electron chi connectivity index (χ2n) is 5.29. The molecule has 0 aromatic heterocycles. The maximum atomic E-state index is 5.73. The van der Waals surface area contributed by atoms with Crippen molar-refractivity contribution in [1.82, 2.24) is 10.3 Å². The molecule has 0 aliphatic carbocycles. The lowest BCUT2D eigenvalue weighted by atomic mass is 9.81. The van der Waals surface area contributed by atoms with E-state index >= 15 is 0 Å². The minimum Gasteiger partial charge on any atom is -0.296 e. The molecule has 1 heterocycles. The third kappa shape index (κ3) is 2.52. The van der Waals surface area contributed by atoms with Gasteiger partial charge in [0.2, 0.25) is 0 Å². The van der Waals surface area contributed by atoms with E-state index in [1.165, 1.54) is 25.9 Å². The highest BCUT2D eigenvalue weighted by molar-refractivity contribution is 4.98. The quantitative estimate of drug-likeness (QED) is 0.540. The third-order valence-electron chi connectivity index (χ3n) is 4.06. The van der Waals surface area contributed by atoms with Crippen LogP contribution in [0.1, 0.15) is 47.0 Å². The molecule has 2 atom stereocenters. The molecular formula is C12H27N3. The Kier molecular flexibility index (Phi) is 4.56. The molecule has 0 saturated carbocycles. The van der Waals surface area contributed by atoms with Gasteiger partial charge in [0.25, 0.3) is 0 Å². The largest absolute Gasteiger partial charge is 0.296 e. The van der Waals surface area contributed by atoms with Crippen LogP contribution < -0.4 is 11.3 Å². The fourth-order valence-corrected chi connectivity index (χ4v) is 2.96. The molecule has 90 valence electrons. The van der Waals surface area contributed by atoms with E-state index in [0.29, 0.717) is 12.0 Å². The highest BCUT2D eigenvalue weighted by atomic mass is 15.3. The number of rotatable bonds is 5. The Hall–Kier alpha value is -0.120. The van der Waals surface area contributed by atoms with Crippen LogP contribution in [0.5, 0.6) is 0 Å². The molecule has 1 aliphatic heterocycles. The maximum Gasteiger partial charge on any atom is 0.0414 e. The van der Waals surface area contributed by atoms with Crippen molar-refractivity contribution >= 4 is 0 Å². The standard InChI is InChI=1S/C12H27N3/c1-5-12(4,11(14-13)10(2)3)15-8-6-7-9-15/h10-11,14H,5-9,13H2,1-4H3. The smallest absolute Gasteiger partial charge is 0.0414 e. The van der Waals surface area contributed by atoms with E-state index in [-0.39, 0.29) is 5.54 Å². The van der Waals surface area contributed by atoms with Crippen LogP contribution in [-0.4, -0.2) is 29.6 Å². The predicted octanol–water partition coefficient (Wildman–Crippen LogP) is 1.74. The highest BCUT2D eigenvalue weighted by Gasteiger charge is 2.40. The Morgan fingerprint density at radius 2 is 1.87 bits per heavy atom. The van der Waals surface area contributed by atoms with E-state index in [2.05, 4.69) is 38.0 Å². The minimum absolute atomic E-state index is 0.208. The molecule has 0 aromatic rings. The van der Waals surface area contributed by atoms with Gasteiger partial charge in [0, 0.05) is 11.6 Å². The molecule has 0 bridgehead atoms. The van der Waals surface area contributed by atoms with Gasteiger partial charge in [0.15, 0.2) is 0 Å². The van der Waals surface area contributed by atoms with E-state index in [1.807, 2.05) is 0 Å². The zero-order chi connectivity index (χ0) is 11.5. The van der Waals surface area contributed by atoms with Gasteiger partial charge in [-0.1, -0.05) is 20.8 Å². The monoisotopic (exact) mass is 213 g/mol. The van der Waals surface area contributed by atoms with Crippen LogP contribution in [0.25, 0.3) is 0 Å². The maximum absolute atomic E-state index is 5.73.